The standard InChI is InChI=1S/C23H18BrN5OS/c24-19-13-11-18(12-14-19)22-27-28-23(29(22)20-9-5-2-6-10-20)31-16-21(30)26-25-15-17-7-3-1-4-8-17/h1-15H,16H2,(H,26,30). The maximum absolute atomic E-state index is 12.3. The number of hydrogen-bond donors (Lipinski definition) is 1. The number of nitrogens with one attached hydrogen (secondary N) is 1. The van der Waals surface area contributed by atoms with Gasteiger partial charge in [0.15, 0.2) is 11.0 Å². The Balaban J connectivity index is 1.51. The molecule has 0 fully saturated rings. The van der Waals surface area contributed by atoms with E-state index in [-0.39, 0.29) is 11.7 Å². The van der Waals surface area contributed by atoms with Crippen LogP contribution in [0.15, 0.2) is 99.7 Å². The molecule has 8 heteroatoms. The summed E-state index contributed by atoms with van der Waals surface area (Å²) in [6.07, 6.45) is 1.61. The minimum Gasteiger partial charge on any atom is -0.272 e. The summed E-state index contributed by atoms with van der Waals surface area (Å²) in [5.41, 5.74) is 5.33. The van der Waals surface area contributed by atoms with Crippen LogP contribution in [-0.4, -0.2) is 32.6 Å². The van der Waals surface area contributed by atoms with E-state index in [1.807, 2.05) is 89.5 Å². The number of hydrazone groups is 1. The van der Waals surface area contributed by atoms with E-state index in [9.17, 15) is 4.79 Å². The molecule has 0 spiro atoms. The van der Waals surface area contributed by atoms with Gasteiger partial charge in [-0.25, -0.2) is 5.43 Å². The second kappa shape index (κ2) is 10.2. The number of thioether (sulfide) groups is 1. The molecule has 0 atom stereocenters. The molecule has 3 aromatic carbocycles. The minimum absolute atomic E-state index is 0.164. The zero-order chi connectivity index (χ0) is 21.5. The molecule has 6 nitrogen and oxygen atoms in total. The van der Waals surface area contributed by atoms with Gasteiger partial charge in [-0.05, 0) is 29.8 Å². The quantitative estimate of drug-likeness (QED) is 0.225. The van der Waals surface area contributed by atoms with Gasteiger partial charge in [-0.2, -0.15) is 5.10 Å². The van der Waals surface area contributed by atoms with Crippen LogP contribution in [-0.2, 0) is 4.79 Å². The summed E-state index contributed by atoms with van der Waals surface area (Å²) in [5.74, 6) is 0.658. The monoisotopic (exact) mass is 491 g/mol. The van der Waals surface area contributed by atoms with E-state index in [2.05, 4.69) is 36.7 Å². The number of halogens is 1. The fraction of sp³-hybridized carbons (Fsp3) is 0.0435. The number of nitrogens with zero attached hydrogens (tertiary/aromatic N) is 4. The lowest BCUT2D eigenvalue weighted by molar-refractivity contribution is -0.118. The van der Waals surface area contributed by atoms with Gasteiger partial charge in [0.05, 0.1) is 12.0 Å². The number of para-hydroxylation sites is 1. The van der Waals surface area contributed by atoms with Crippen molar-refractivity contribution in [3.05, 3.63) is 95.0 Å². The molecule has 0 aliphatic heterocycles. The first-order valence-corrected chi connectivity index (χ1v) is 11.2. The van der Waals surface area contributed by atoms with Gasteiger partial charge in [0.1, 0.15) is 0 Å². The van der Waals surface area contributed by atoms with Crippen molar-refractivity contribution in [1.82, 2.24) is 20.2 Å². The molecule has 1 N–H and O–H groups in total. The normalized spacial score (nSPS) is 11.0. The first-order valence-electron chi connectivity index (χ1n) is 9.47. The highest BCUT2D eigenvalue weighted by molar-refractivity contribution is 9.10. The summed E-state index contributed by atoms with van der Waals surface area (Å²) in [5, 5.41) is 13.4. The predicted molar refractivity (Wildman–Crippen MR) is 127 cm³/mol. The van der Waals surface area contributed by atoms with E-state index >= 15 is 0 Å². The lowest BCUT2D eigenvalue weighted by Gasteiger charge is -2.10. The SMILES string of the molecule is O=C(CSc1nnc(-c2ccc(Br)cc2)n1-c1ccccc1)NN=Cc1ccccc1. The Labute approximate surface area is 192 Å². The zero-order valence-electron chi connectivity index (χ0n) is 16.4. The lowest BCUT2D eigenvalue weighted by atomic mass is 10.2. The first-order chi connectivity index (χ1) is 15.2. The zero-order valence-corrected chi connectivity index (χ0v) is 18.8. The second-order valence-electron chi connectivity index (χ2n) is 6.48. The van der Waals surface area contributed by atoms with Crippen LogP contribution in [0, 0.1) is 0 Å². The largest absolute Gasteiger partial charge is 0.272 e. The molecule has 154 valence electrons. The van der Waals surface area contributed by atoms with Gasteiger partial charge < -0.3 is 0 Å². The van der Waals surface area contributed by atoms with Crippen LogP contribution in [0.4, 0.5) is 0 Å². The molecule has 0 saturated carbocycles. The molecule has 4 rings (SSSR count). The maximum atomic E-state index is 12.3. The van der Waals surface area contributed by atoms with Gasteiger partial charge in [0.2, 0.25) is 0 Å². The van der Waals surface area contributed by atoms with Crippen LogP contribution in [0.3, 0.4) is 0 Å². The van der Waals surface area contributed by atoms with E-state index < -0.39 is 0 Å². The van der Waals surface area contributed by atoms with Crippen molar-refractivity contribution < 1.29 is 4.79 Å². The van der Waals surface area contributed by atoms with Crippen molar-refractivity contribution >= 4 is 39.8 Å². The minimum atomic E-state index is -0.218. The van der Waals surface area contributed by atoms with Gasteiger partial charge in [-0.1, -0.05) is 88.4 Å². The summed E-state index contributed by atoms with van der Waals surface area (Å²) >= 11 is 4.77. The van der Waals surface area contributed by atoms with E-state index in [1.54, 1.807) is 6.21 Å². The van der Waals surface area contributed by atoms with E-state index in [0.29, 0.717) is 11.0 Å². The molecule has 0 radical (unpaired) electrons. The summed E-state index contributed by atoms with van der Waals surface area (Å²) in [6, 6.07) is 27.3. The van der Waals surface area contributed by atoms with Crippen molar-refractivity contribution in [3.63, 3.8) is 0 Å². The van der Waals surface area contributed by atoms with Gasteiger partial charge >= 0.3 is 0 Å². The first kappa shape index (κ1) is 21.0. The highest BCUT2D eigenvalue weighted by Gasteiger charge is 2.17. The Hall–Kier alpha value is -3.23. The van der Waals surface area contributed by atoms with Crippen LogP contribution >= 0.6 is 27.7 Å². The fourth-order valence-electron chi connectivity index (χ4n) is 2.84. The number of benzene rings is 3. The van der Waals surface area contributed by atoms with Crippen molar-refractivity contribution in [2.24, 2.45) is 5.10 Å². The Morgan fingerprint density at radius 2 is 1.65 bits per heavy atom. The molecule has 0 bridgehead atoms. The number of carbonyl (C=O) groups excluding carboxylic acids is 1. The molecule has 1 heterocycles. The molecule has 0 aliphatic carbocycles. The van der Waals surface area contributed by atoms with Crippen LogP contribution in [0.5, 0.6) is 0 Å². The molecule has 0 unspecified atom stereocenters. The van der Waals surface area contributed by atoms with E-state index in [1.165, 1.54) is 11.8 Å². The molecule has 0 aliphatic rings. The van der Waals surface area contributed by atoms with Crippen LogP contribution in [0.1, 0.15) is 5.56 Å². The van der Waals surface area contributed by atoms with Crippen LogP contribution < -0.4 is 5.43 Å². The molecular formula is C23H18BrN5OS. The highest BCUT2D eigenvalue weighted by atomic mass is 79.9. The molecular weight excluding hydrogens is 474 g/mol. The van der Waals surface area contributed by atoms with Gasteiger partial charge in [0.25, 0.3) is 5.91 Å². The fourth-order valence-corrected chi connectivity index (χ4v) is 3.85. The van der Waals surface area contributed by atoms with E-state index in [4.69, 9.17) is 0 Å². The number of rotatable bonds is 7. The second-order valence-corrected chi connectivity index (χ2v) is 8.33. The Morgan fingerprint density at radius 3 is 2.35 bits per heavy atom. The van der Waals surface area contributed by atoms with Crippen molar-refractivity contribution in [2.75, 3.05) is 5.75 Å². The maximum Gasteiger partial charge on any atom is 0.250 e. The topological polar surface area (TPSA) is 72.2 Å². The molecule has 1 amide bonds. The lowest BCUT2D eigenvalue weighted by Crippen LogP contribution is -2.20. The smallest absolute Gasteiger partial charge is 0.250 e. The molecule has 31 heavy (non-hydrogen) atoms. The number of hydrogen-bond acceptors (Lipinski definition) is 5. The van der Waals surface area contributed by atoms with E-state index in [0.717, 1.165) is 21.3 Å². The van der Waals surface area contributed by atoms with Crippen molar-refractivity contribution in [3.8, 4) is 17.1 Å². The molecule has 1 aromatic heterocycles. The summed E-state index contributed by atoms with van der Waals surface area (Å²) in [4.78, 5) is 12.3. The average Bonchev–Trinajstić information content (AvgIpc) is 3.23. The number of carbonyl (C=O) groups is 1. The third kappa shape index (κ3) is 5.48. The van der Waals surface area contributed by atoms with Crippen molar-refractivity contribution in [2.45, 2.75) is 5.16 Å². The summed E-state index contributed by atoms with van der Waals surface area (Å²) < 4.78 is 2.94. The van der Waals surface area contributed by atoms with Gasteiger partial charge in [-0.3, -0.25) is 9.36 Å². The third-order valence-electron chi connectivity index (χ3n) is 4.28. The summed E-state index contributed by atoms with van der Waals surface area (Å²) in [6.45, 7) is 0. The Bertz CT molecular complexity index is 1180. The number of amides is 1. The number of aromatic nitrogens is 3. The average molecular weight is 492 g/mol. The van der Waals surface area contributed by atoms with Crippen molar-refractivity contribution in [1.29, 1.82) is 0 Å². The molecule has 4 aromatic rings. The highest BCUT2D eigenvalue weighted by Crippen LogP contribution is 2.28. The third-order valence-corrected chi connectivity index (χ3v) is 5.74. The Kier molecular flexibility index (Phi) is 6.91. The van der Waals surface area contributed by atoms with Gasteiger partial charge in [-0.15, -0.1) is 10.2 Å². The summed E-state index contributed by atoms with van der Waals surface area (Å²) in [7, 11) is 0. The van der Waals surface area contributed by atoms with Crippen LogP contribution in [0.25, 0.3) is 17.1 Å². The molecule has 0 saturated heterocycles. The van der Waals surface area contributed by atoms with Gasteiger partial charge in [0, 0.05) is 15.7 Å². The predicted octanol–water partition coefficient (Wildman–Crippen LogP) is 4.94. The van der Waals surface area contributed by atoms with Crippen LogP contribution in [0.2, 0.25) is 0 Å². The Morgan fingerprint density at radius 1 is 0.968 bits per heavy atom.